The van der Waals surface area contributed by atoms with E-state index in [0.29, 0.717) is 6.42 Å². The van der Waals surface area contributed by atoms with Crippen molar-refractivity contribution in [1.29, 1.82) is 0 Å². The van der Waals surface area contributed by atoms with Gasteiger partial charge < -0.3 is 16.2 Å². The van der Waals surface area contributed by atoms with Crippen LogP contribution in [0, 0.1) is 5.92 Å². The summed E-state index contributed by atoms with van der Waals surface area (Å²) in [6.07, 6.45) is 0.366. The summed E-state index contributed by atoms with van der Waals surface area (Å²) in [5.74, 6) is -1.70. The number of carbonyl (C=O) groups excluding carboxylic acids is 2. The highest BCUT2D eigenvalue weighted by Crippen LogP contribution is 2.04. The van der Waals surface area contributed by atoms with Crippen molar-refractivity contribution in [2.75, 3.05) is 6.61 Å². The number of carboxylic acid groups (broad SMARTS) is 1. The van der Waals surface area contributed by atoms with Gasteiger partial charge in [0.1, 0.15) is 6.04 Å². The first-order valence-electron chi connectivity index (χ1n) is 5.02. The summed E-state index contributed by atoms with van der Waals surface area (Å²) in [5, 5.41) is 10.5. The van der Waals surface area contributed by atoms with Crippen LogP contribution in [0.3, 0.4) is 0 Å². The van der Waals surface area contributed by atoms with E-state index in [2.05, 4.69) is 10.2 Å². The maximum atomic E-state index is 11.5. The topological polar surface area (TPSA) is 131 Å². The van der Waals surface area contributed by atoms with Crippen molar-refractivity contribution in [3.8, 4) is 0 Å². The minimum atomic E-state index is -1.21. The second-order valence-corrected chi connectivity index (χ2v) is 3.84. The van der Waals surface area contributed by atoms with Gasteiger partial charge in [0.15, 0.2) is 6.61 Å². The van der Waals surface area contributed by atoms with Gasteiger partial charge in [-0.1, -0.05) is 13.8 Å². The number of nitrogens with one attached hydrogen (secondary N) is 2. The number of amides is 3. The van der Waals surface area contributed by atoms with Crippen molar-refractivity contribution in [3.63, 3.8) is 0 Å². The first kappa shape index (κ1) is 15.2. The number of hydrogen-bond donors (Lipinski definition) is 4. The summed E-state index contributed by atoms with van der Waals surface area (Å²) < 4.78 is 0. The molecule has 0 aliphatic heterocycles. The zero-order valence-electron chi connectivity index (χ0n) is 9.73. The molecule has 0 spiro atoms. The number of carbonyl (C=O) groups is 3. The number of carboxylic acids is 1. The summed E-state index contributed by atoms with van der Waals surface area (Å²) in [5.41, 5.74) is 6.85. The lowest BCUT2D eigenvalue weighted by atomic mass is 10.0. The fraction of sp³-hybridized carbons (Fsp3) is 0.667. The van der Waals surface area contributed by atoms with E-state index in [0.717, 1.165) is 0 Å². The normalized spacial score (nSPS) is 11.9. The molecule has 0 bridgehead atoms. The Kier molecular flexibility index (Phi) is 6.64. The Morgan fingerprint density at radius 1 is 1.35 bits per heavy atom. The third-order valence-corrected chi connectivity index (χ3v) is 1.71. The Hall–Kier alpha value is -1.83. The molecule has 0 aromatic heterocycles. The zero-order chi connectivity index (χ0) is 13.4. The lowest BCUT2D eigenvalue weighted by Crippen LogP contribution is -2.49. The largest absolute Gasteiger partial charge is 0.479 e. The van der Waals surface area contributed by atoms with Crippen LogP contribution in [-0.4, -0.2) is 35.7 Å². The van der Waals surface area contributed by atoms with Gasteiger partial charge in [-0.15, -0.1) is 0 Å². The van der Waals surface area contributed by atoms with Crippen LogP contribution in [0.15, 0.2) is 0 Å². The number of primary amides is 1. The van der Waals surface area contributed by atoms with Gasteiger partial charge in [-0.2, -0.15) is 0 Å². The lowest BCUT2D eigenvalue weighted by Gasteiger charge is -2.18. The number of aliphatic carboxylic acids is 1. The molecule has 0 aromatic carbocycles. The molecule has 0 rings (SSSR count). The zero-order valence-corrected chi connectivity index (χ0v) is 9.73. The van der Waals surface area contributed by atoms with Gasteiger partial charge in [0.25, 0.3) is 5.91 Å². The summed E-state index contributed by atoms with van der Waals surface area (Å²) in [4.78, 5) is 36.7. The number of hydroxylamine groups is 1. The molecule has 0 aliphatic carbocycles. The van der Waals surface area contributed by atoms with Crippen molar-refractivity contribution in [1.82, 2.24) is 10.8 Å². The van der Waals surface area contributed by atoms with E-state index in [1.807, 2.05) is 19.3 Å². The number of hydrogen-bond acceptors (Lipinski definition) is 4. The van der Waals surface area contributed by atoms with Gasteiger partial charge in [-0.05, 0) is 12.3 Å². The summed E-state index contributed by atoms with van der Waals surface area (Å²) >= 11 is 0. The second-order valence-electron chi connectivity index (χ2n) is 3.84. The highest BCUT2D eigenvalue weighted by Gasteiger charge is 2.21. The van der Waals surface area contributed by atoms with E-state index in [4.69, 9.17) is 10.8 Å². The Bertz CT molecular complexity index is 292. The third-order valence-electron chi connectivity index (χ3n) is 1.71. The summed E-state index contributed by atoms with van der Waals surface area (Å²) in [7, 11) is 0. The second kappa shape index (κ2) is 7.44. The van der Waals surface area contributed by atoms with Crippen molar-refractivity contribution >= 4 is 17.9 Å². The van der Waals surface area contributed by atoms with Crippen LogP contribution in [0.5, 0.6) is 0 Å². The molecule has 0 saturated heterocycles. The highest BCUT2D eigenvalue weighted by atomic mass is 16.7. The summed E-state index contributed by atoms with van der Waals surface area (Å²) in [6, 6.07) is -1.68. The monoisotopic (exact) mass is 247 g/mol. The van der Waals surface area contributed by atoms with Crippen molar-refractivity contribution in [2.45, 2.75) is 26.3 Å². The van der Waals surface area contributed by atoms with Gasteiger partial charge in [0, 0.05) is 0 Å². The first-order chi connectivity index (χ1) is 7.82. The minimum Gasteiger partial charge on any atom is -0.479 e. The SMILES string of the molecule is CC(C)CC(NC(N)=O)C(=O)NOCC(=O)O. The minimum absolute atomic E-state index is 0.150. The molecular formula is C9H17N3O5. The maximum absolute atomic E-state index is 11.5. The molecule has 0 aliphatic rings. The van der Waals surface area contributed by atoms with E-state index >= 15 is 0 Å². The Morgan fingerprint density at radius 2 is 1.94 bits per heavy atom. The predicted octanol–water partition coefficient (Wildman–Crippen LogP) is -0.798. The first-order valence-corrected chi connectivity index (χ1v) is 5.02. The number of rotatable bonds is 7. The number of nitrogens with two attached hydrogens (primary N) is 1. The molecule has 3 amide bonds. The van der Waals surface area contributed by atoms with Crippen LogP contribution >= 0.6 is 0 Å². The molecule has 5 N–H and O–H groups in total. The van der Waals surface area contributed by atoms with Gasteiger partial charge in [-0.3, -0.25) is 9.63 Å². The highest BCUT2D eigenvalue weighted by molar-refractivity contribution is 5.85. The lowest BCUT2D eigenvalue weighted by molar-refractivity contribution is -0.150. The molecule has 8 heteroatoms. The van der Waals surface area contributed by atoms with Crippen molar-refractivity contribution < 1.29 is 24.3 Å². The van der Waals surface area contributed by atoms with Crippen LogP contribution in [0.4, 0.5) is 4.79 Å². The Balaban J connectivity index is 4.21. The van der Waals surface area contributed by atoms with Crippen LogP contribution in [0.25, 0.3) is 0 Å². The average molecular weight is 247 g/mol. The van der Waals surface area contributed by atoms with E-state index in [-0.39, 0.29) is 5.92 Å². The van der Waals surface area contributed by atoms with Gasteiger partial charge in [0.05, 0.1) is 0 Å². The standard InChI is InChI=1S/C9H17N3O5/c1-5(2)3-6(11-9(10)16)8(15)12-17-4-7(13)14/h5-6H,3-4H2,1-2H3,(H,12,15)(H,13,14)(H3,10,11,16). The quantitative estimate of drug-likeness (QED) is 0.437. The van der Waals surface area contributed by atoms with E-state index in [1.165, 1.54) is 0 Å². The van der Waals surface area contributed by atoms with Crippen LogP contribution < -0.4 is 16.5 Å². The molecule has 98 valence electrons. The molecule has 1 unspecified atom stereocenters. The maximum Gasteiger partial charge on any atom is 0.332 e. The van der Waals surface area contributed by atoms with Crippen LogP contribution in [0.2, 0.25) is 0 Å². The number of urea groups is 1. The molecule has 8 nitrogen and oxygen atoms in total. The molecular weight excluding hydrogens is 230 g/mol. The van der Waals surface area contributed by atoms with Crippen LogP contribution in [-0.2, 0) is 14.4 Å². The van der Waals surface area contributed by atoms with Crippen LogP contribution in [0.1, 0.15) is 20.3 Å². The molecule has 1 atom stereocenters. The molecule has 0 heterocycles. The van der Waals surface area contributed by atoms with Gasteiger partial charge in [0.2, 0.25) is 0 Å². The smallest absolute Gasteiger partial charge is 0.332 e. The van der Waals surface area contributed by atoms with E-state index in [1.54, 1.807) is 0 Å². The Morgan fingerprint density at radius 3 is 2.35 bits per heavy atom. The Labute approximate surface area is 98.4 Å². The third kappa shape index (κ3) is 8.03. The fourth-order valence-corrected chi connectivity index (χ4v) is 1.11. The molecule has 0 radical (unpaired) electrons. The van der Waals surface area contributed by atoms with Crippen molar-refractivity contribution in [3.05, 3.63) is 0 Å². The van der Waals surface area contributed by atoms with E-state index in [9.17, 15) is 14.4 Å². The average Bonchev–Trinajstić information content (AvgIpc) is 2.14. The summed E-state index contributed by atoms with van der Waals surface area (Å²) in [6.45, 7) is 3.07. The van der Waals surface area contributed by atoms with Gasteiger partial charge >= 0.3 is 12.0 Å². The molecule has 0 aromatic rings. The van der Waals surface area contributed by atoms with E-state index < -0.39 is 30.6 Å². The molecule has 17 heavy (non-hydrogen) atoms. The molecule has 0 fully saturated rings. The molecule has 0 saturated carbocycles. The predicted molar refractivity (Wildman–Crippen MR) is 57.7 cm³/mol. The van der Waals surface area contributed by atoms with Gasteiger partial charge in [-0.25, -0.2) is 15.1 Å². The van der Waals surface area contributed by atoms with Crippen molar-refractivity contribution in [2.24, 2.45) is 11.7 Å². The fourth-order valence-electron chi connectivity index (χ4n) is 1.11.